The van der Waals surface area contributed by atoms with E-state index in [1.807, 2.05) is 32.0 Å². The van der Waals surface area contributed by atoms with Gasteiger partial charge >= 0.3 is 0 Å². The fraction of sp³-hybridized carbons (Fsp3) is 0.333. The van der Waals surface area contributed by atoms with E-state index in [2.05, 4.69) is 10.6 Å². The van der Waals surface area contributed by atoms with Crippen LogP contribution in [0.25, 0.3) is 0 Å². The van der Waals surface area contributed by atoms with Crippen LogP contribution in [0.2, 0.25) is 0 Å². The van der Waals surface area contributed by atoms with Gasteiger partial charge in [-0.15, -0.1) is 0 Å². The van der Waals surface area contributed by atoms with Gasteiger partial charge in [0.15, 0.2) is 6.10 Å². The van der Waals surface area contributed by atoms with Gasteiger partial charge in [-0.1, -0.05) is 18.2 Å². The minimum Gasteiger partial charge on any atom is -0.481 e. The van der Waals surface area contributed by atoms with Crippen molar-refractivity contribution >= 4 is 17.5 Å². The molecule has 0 aromatic heterocycles. The second kappa shape index (κ2) is 9.73. The van der Waals surface area contributed by atoms with Crippen LogP contribution >= 0.6 is 0 Å². The Morgan fingerprint density at radius 2 is 1.81 bits per heavy atom. The maximum atomic E-state index is 12.5. The van der Waals surface area contributed by atoms with E-state index in [9.17, 15) is 9.59 Å². The second-order valence-electron chi connectivity index (χ2n) is 6.29. The molecule has 144 valence electrons. The van der Waals surface area contributed by atoms with E-state index < -0.39 is 6.10 Å². The number of carbonyl (C=O) groups excluding carboxylic acids is 2. The summed E-state index contributed by atoms with van der Waals surface area (Å²) in [7, 11) is 1.57. The molecule has 2 aromatic rings. The number of hydrogen-bond acceptors (Lipinski definition) is 4. The standard InChI is InChI=1S/C21H26N2O4/c1-14-9-10-17(13-15(14)2)27-16(3)20(24)23-19-8-6-5-7-18(19)21(25)22-11-12-26-4/h5-10,13,16H,11-12H2,1-4H3,(H,22,25)(H,23,24)/t16-/m1/s1. The summed E-state index contributed by atoms with van der Waals surface area (Å²) < 4.78 is 10.7. The number of para-hydroxylation sites is 1. The van der Waals surface area contributed by atoms with E-state index in [0.717, 1.165) is 11.1 Å². The zero-order valence-electron chi connectivity index (χ0n) is 16.2. The van der Waals surface area contributed by atoms with Crippen molar-refractivity contribution in [1.29, 1.82) is 0 Å². The van der Waals surface area contributed by atoms with Crippen LogP contribution in [-0.2, 0) is 9.53 Å². The SMILES string of the molecule is COCCNC(=O)c1ccccc1NC(=O)[C@@H](C)Oc1ccc(C)c(C)c1. The van der Waals surface area contributed by atoms with Gasteiger partial charge in [0, 0.05) is 13.7 Å². The average Bonchev–Trinajstić information content (AvgIpc) is 2.65. The highest BCUT2D eigenvalue weighted by Gasteiger charge is 2.18. The molecule has 6 nitrogen and oxygen atoms in total. The predicted molar refractivity (Wildman–Crippen MR) is 105 cm³/mol. The fourth-order valence-corrected chi connectivity index (χ4v) is 2.43. The van der Waals surface area contributed by atoms with Crippen LogP contribution in [0.1, 0.15) is 28.4 Å². The molecule has 2 rings (SSSR count). The first-order chi connectivity index (χ1) is 12.9. The summed E-state index contributed by atoms with van der Waals surface area (Å²) in [5, 5.41) is 5.52. The van der Waals surface area contributed by atoms with Crippen molar-refractivity contribution in [3.05, 3.63) is 59.2 Å². The van der Waals surface area contributed by atoms with E-state index in [4.69, 9.17) is 9.47 Å². The van der Waals surface area contributed by atoms with Crippen LogP contribution in [0.15, 0.2) is 42.5 Å². The molecule has 2 amide bonds. The molecule has 0 unspecified atom stereocenters. The van der Waals surface area contributed by atoms with Gasteiger partial charge in [-0.05, 0) is 56.2 Å². The third-order valence-electron chi connectivity index (χ3n) is 4.18. The molecule has 0 bridgehead atoms. The molecular weight excluding hydrogens is 344 g/mol. The van der Waals surface area contributed by atoms with Gasteiger partial charge in [0.25, 0.3) is 11.8 Å². The minimum atomic E-state index is -0.711. The highest BCUT2D eigenvalue weighted by atomic mass is 16.5. The van der Waals surface area contributed by atoms with Crippen molar-refractivity contribution < 1.29 is 19.1 Å². The lowest BCUT2D eigenvalue weighted by molar-refractivity contribution is -0.122. The number of anilines is 1. The molecule has 0 aliphatic carbocycles. The normalized spacial score (nSPS) is 11.6. The highest BCUT2D eigenvalue weighted by molar-refractivity contribution is 6.04. The number of hydrogen-bond donors (Lipinski definition) is 2. The molecule has 0 heterocycles. The Balaban J connectivity index is 2.04. The summed E-state index contributed by atoms with van der Waals surface area (Å²) in [4.78, 5) is 24.8. The largest absolute Gasteiger partial charge is 0.481 e. The Bertz CT molecular complexity index is 805. The van der Waals surface area contributed by atoms with Crippen molar-refractivity contribution in [2.45, 2.75) is 26.9 Å². The topological polar surface area (TPSA) is 76.7 Å². The molecular formula is C21H26N2O4. The Morgan fingerprint density at radius 1 is 1.07 bits per heavy atom. The second-order valence-corrected chi connectivity index (χ2v) is 6.29. The van der Waals surface area contributed by atoms with Crippen LogP contribution in [0, 0.1) is 13.8 Å². The monoisotopic (exact) mass is 370 g/mol. The van der Waals surface area contributed by atoms with Crippen LogP contribution in [0.3, 0.4) is 0 Å². The summed E-state index contributed by atoms with van der Waals surface area (Å²) in [5.74, 6) is 0.0300. The van der Waals surface area contributed by atoms with Crippen molar-refractivity contribution in [3.8, 4) is 5.75 Å². The summed E-state index contributed by atoms with van der Waals surface area (Å²) in [6.45, 7) is 6.49. The lowest BCUT2D eigenvalue weighted by Crippen LogP contribution is -2.32. The van der Waals surface area contributed by atoms with Gasteiger partial charge in [0.05, 0.1) is 17.9 Å². The van der Waals surface area contributed by atoms with Crippen LogP contribution in [0.5, 0.6) is 5.75 Å². The van der Waals surface area contributed by atoms with Crippen molar-refractivity contribution in [2.75, 3.05) is 25.6 Å². The molecule has 27 heavy (non-hydrogen) atoms. The Hall–Kier alpha value is -2.86. The van der Waals surface area contributed by atoms with Gasteiger partial charge in [-0.2, -0.15) is 0 Å². The molecule has 1 atom stereocenters. The number of amides is 2. The maximum Gasteiger partial charge on any atom is 0.265 e. The third-order valence-corrected chi connectivity index (χ3v) is 4.18. The average molecular weight is 370 g/mol. The van der Waals surface area contributed by atoms with E-state index in [1.165, 1.54) is 0 Å². The quantitative estimate of drug-likeness (QED) is 0.700. The van der Waals surface area contributed by atoms with E-state index in [-0.39, 0.29) is 11.8 Å². The molecule has 0 saturated heterocycles. The van der Waals surface area contributed by atoms with E-state index in [0.29, 0.717) is 30.2 Å². The molecule has 0 spiro atoms. The van der Waals surface area contributed by atoms with Gasteiger partial charge in [0.2, 0.25) is 0 Å². The first kappa shape index (κ1) is 20.5. The van der Waals surface area contributed by atoms with E-state index >= 15 is 0 Å². The summed E-state index contributed by atoms with van der Waals surface area (Å²) in [6, 6.07) is 12.5. The van der Waals surface area contributed by atoms with Crippen LogP contribution < -0.4 is 15.4 Å². The summed E-state index contributed by atoms with van der Waals surface area (Å²) >= 11 is 0. The Morgan fingerprint density at radius 3 is 2.52 bits per heavy atom. The summed E-state index contributed by atoms with van der Waals surface area (Å²) in [5.41, 5.74) is 3.08. The lowest BCUT2D eigenvalue weighted by atomic mass is 10.1. The maximum absolute atomic E-state index is 12.5. The number of aryl methyl sites for hydroxylation is 2. The van der Waals surface area contributed by atoms with E-state index in [1.54, 1.807) is 38.3 Å². The van der Waals surface area contributed by atoms with Crippen LogP contribution in [0.4, 0.5) is 5.69 Å². The number of rotatable bonds is 8. The molecule has 0 radical (unpaired) electrons. The molecule has 6 heteroatoms. The third kappa shape index (κ3) is 5.82. The van der Waals surface area contributed by atoms with Crippen molar-refractivity contribution in [1.82, 2.24) is 5.32 Å². The molecule has 2 aromatic carbocycles. The van der Waals surface area contributed by atoms with Gasteiger partial charge in [-0.25, -0.2) is 0 Å². The van der Waals surface area contributed by atoms with Crippen LogP contribution in [-0.4, -0.2) is 38.2 Å². The van der Waals surface area contributed by atoms with Gasteiger partial charge in [-0.3, -0.25) is 9.59 Å². The molecule has 2 N–H and O–H groups in total. The molecule has 0 aliphatic heterocycles. The number of ether oxygens (including phenoxy) is 2. The molecule has 0 aliphatic rings. The number of carbonyl (C=O) groups is 2. The minimum absolute atomic E-state index is 0.273. The lowest BCUT2D eigenvalue weighted by Gasteiger charge is -2.17. The zero-order valence-corrected chi connectivity index (χ0v) is 16.2. The number of benzene rings is 2. The molecule has 0 fully saturated rings. The van der Waals surface area contributed by atoms with Gasteiger partial charge < -0.3 is 20.1 Å². The van der Waals surface area contributed by atoms with Gasteiger partial charge in [0.1, 0.15) is 5.75 Å². The first-order valence-electron chi connectivity index (χ1n) is 8.83. The fourth-order valence-electron chi connectivity index (χ4n) is 2.43. The number of methoxy groups -OCH3 is 1. The zero-order chi connectivity index (χ0) is 19.8. The van der Waals surface area contributed by atoms with Crippen molar-refractivity contribution in [3.63, 3.8) is 0 Å². The first-order valence-corrected chi connectivity index (χ1v) is 8.83. The molecule has 0 saturated carbocycles. The highest BCUT2D eigenvalue weighted by Crippen LogP contribution is 2.19. The number of nitrogens with one attached hydrogen (secondary N) is 2. The predicted octanol–water partition coefficient (Wildman–Crippen LogP) is 3.09. The van der Waals surface area contributed by atoms with Crippen molar-refractivity contribution in [2.24, 2.45) is 0 Å². The smallest absolute Gasteiger partial charge is 0.265 e. The Kier molecular flexibility index (Phi) is 7.37. The summed E-state index contributed by atoms with van der Waals surface area (Å²) in [6.07, 6.45) is -0.711. The Labute approximate surface area is 159 Å².